The van der Waals surface area contributed by atoms with E-state index in [-0.39, 0.29) is 0 Å². The molecule has 0 saturated heterocycles. The molecular weight excluding hydrogens is 144 g/mol. The van der Waals surface area contributed by atoms with E-state index in [0.717, 1.165) is 12.8 Å². The molecule has 1 aliphatic carbocycles. The summed E-state index contributed by atoms with van der Waals surface area (Å²) in [5.74, 6) is 0. The van der Waals surface area contributed by atoms with Crippen LogP contribution in [0.25, 0.3) is 0 Å². The Hall–Kier alpha value is -0.680. The summed E-state index contributed by atoms with van der Waals surface area (Å²) in [4.78, 5) is 0. The second kappa shape index (κ2) is 3.15. The van der Waals surface area contributed by atoms with Gasteiger partial charge in [0, 0.05) is 7.05 Å². The maximum absolute atomic E-state index is 9.14. The van der Waals surface area contributed by atoms with Gasteiger partial charge in [0.05, 0.1) is 6.04 Å². The molecule has 0 aliphatic heterocycles. The van der Waals surface area contributed by atoms with Crippen LogP contribution in [0, 0.1) is 5.53 Å². The fraction of sp³-hybridized carbons (Fsp3) is 1.00. The summed E-state index contributed by atoms with van der Waals surface area (Å²) in [5.41, 5.74) is 6.85. The minimum Gasteiger partial charge on any atom is -0.377 e. The van der Waals surface area contributed by atoms with Gasteiger partial charge in [0.25, 0.3) is 0 Å². The molecule has 11 heavy (non-hydrogen) atoms. The normalized spacial score (nSPS) is 20.0. The molecule has 1 aliphatic rings. The smallest absolute Gasteiger partial charge is 0.122 e. The summed E-state index contributed by atoms with van der Waals surface area (Å²) < 4.78 is 0. The van der Waals surface area contributed by atoms with E-state index in [1.807, 2.05) is 0 Å². The van der Waals surface area contributed by atoms with Gasteiger partial charge >= 0.3 is 0 Å². The SMILES string of the molecule is CC(O)N(C)N(N=N)C1CC1. The van der Waals surface area contributed by atoms with Crippen LogP contribution >= 0.6 is 0 Å². The molecule has 0 aromatic carbocycles. The lowest BCUT2D eigenvalue weighted by Crippen LogP contribution is -2.42. The number of nitrogens with one attached hydrogen (secondary N) is 1. The number of hydrogen-bond acceptors (Lipinski definition) is 4. The number of rotatable bonds is 4. The molecule has 1 saturated carbocycles. The highest BCUT2D eigenvalue weighted by Crippen LogP contribution is 2.28. The zero-order chi connectivity index (χ0) is 8.43. The van der Waals surface area contributed by atoms with Crippen molar-refractivity contribution in [1.29, 1.82) is 5.53 Å². The van der Waals surface area contributed by atoms with Crippen molar-refractivity contribution in [3.8, 4) is 0 Å². The monoisotopic (exact) mass is 158 g/mol. The summed E-state index contributed by atoms with van der Waals surface area (Å²) in [5, 5.41) is 15.5. The van der Waals surface area contributed by atoms with Crippen molar-refractivity contribution in [3.63, 3.8) is 0 Å². The van der Waals surface area contributed by atoms with Gasteiger partial charge in [-0.05, 0) is 19.8 Å². The van der Waals surface area contributed by atoms with E-state index in [1.165, 1.54) is 5.12 Å². The first-order chi connectivity index (χ1) is 5.16. The zero-order valence-electron chi connectivity index (χ0n) is 6.86. The van der Waals surface area contributed by atoms with Gasteiger partial charge in [-0.25, -0.2) is 5.12 Å². The Kier molecular flexibility index (Phi) is 2.41. The summed E-state index contributed by atoms with van der Waals surface area (Å²) in [6, 6.07) is 0.340. The van der Waals surface area contributed by atoms with Crippen LogP contribution in [0.15, 0.2) is 5.22 Å². The lowest BCUT2D eigenvalue weighted by molar-refractivity contribution is -0.124. The van der Waals surface area contributed by atoms with Gasteiger partial charge < -0.3 is 5.11 Å². The first-order valence-corrected chi connectivity index (χ1v) is 3.74. The molecule has 2 N–H and O–H groups in total. The summed E-state index contributed by atoms with van der Waals surface area (Å²) in [6.07, 6.45) is 1.56. The van der Waals surface area contributed by atoms with E-state index in [4.69, 9.17) is 10.6 Å². The minimum absolute atomic E-state index is 0.340. The van der Waals surface area contributed by atoms with Gasteiger partial charge in [-0.1, -0.05) is 5.22 Å². The number of aliphatic hydroxyl groups excluding tert-OH is 1. The minimum atomic E-state index is -0.579. The second-order valence-corrected chi connectivity index (χ2v) is 2.86. The van der Waals surface area contributed by atoms with Gasteiger partial charge in [-0.3, -0.25) is 0 Å². The average molecular weight is 158 g/mol. The van der Waals surface area contributed by atoms with Gasteiger partial charge in [0.15, 0.2) is 0 Å². The third-order valence-corrected chi connectivity index (χ3v) is 1.84. The van der Waals surface area contributed by atoms with E-state index in [9.17, 15) is 0 Å². The molecule has 1 rings (SSSR count). The van der Waals surface area contributed by atoms with Crippen LogP contribution < -0.4 is 0 Å². The van der Waals surface area contributed by atoms with E-state index >= 15 is 0 Å². The molecule has 0 bridgehead atoms. The fourth-order valence-corrected chi connectivity index (χ4v) is 0.886. The fourth-order valence-electron chi connectivity index (χ4n) is 0.886. The molecule has 1 atom stereocenters. The molecule has 1 fully saturated rings. The molecular formula is C6H14N4O. The van der Waals surface area contributed by atoms with Crippen LogP contribution in [-0.4, -0.2) is 34.6 Å². The molecule has 0 spiro atoms. The van der Waals surface area contributed by atoms with E-state index in [0.29, 0.717) is 6.04 Å². The zero-order valence-corrected chi connectivity index (χ0v) is 6.86. The van der Waals surface area contributed by atoms with E-state index in [2.05, 4.69) is 5.22 Å². The van der Waals surface area contributed by atoms with Crippen LogP contribution in [0.5, 0.6) is 0 Å². The Balaban J connectivity index is 2.45. The molecule has 0 aromatic heterocycles. The Morgan fingerprint density at radius 2 is 2.18 bits per heavy atom. The maximum Gasteiger partial charge on any atom is 0.122 e. The van der Waals surface area contributed by atoms with Gasteiger partial charge in [-0.15, -0.1) is 0 Å². The lowest BCUT2D eigenvalue weighted by atomic mass is 10.6. The highest BCUT2D eigenvalue weighted by atomic mass is 16.3. The Labute approximate surface area is 66.0 Å². The molecule has 0 heterocycles. The molecule has 5 nitrogen and oxygen atoms in total. The Bertz CT molecular complexity index is 146. The van der Waals surface area contributed by atoms with Crippen LogP contribution in [0.4, 0.5) is 0 Å². The molecule has 5 heteroatoms. The quantitative estimate of drug-likeness (QED) is 0.357. The van der Waals surface area contributed by atoms with Crippen molar-refractivity contribution in [1.82, 2.24) is 10.1 Å². The van der Waals surface area contributed by atoms with E-state index < -0.39 is 6.23 Å². The van der Waals surface area contributed by atoms with Crippen LogP contribution in [-0.2, 0) is 0 Å². The Morgan fingerprint density at radius 1 is 1.64 bits per heavy atom. The third-order valence-electron chi connectivity index (χ3n) is 1.84. The number of aliphatic hydroxyl groups is 1. The topological polar surface area (TPSA) is 62.9 Å². The predicted octanol–water partition coefficient (Wildman–Crippen LogP) is 0.582. The summed E-state index contributed by atoms with van der Waals surface area (Å²) in [6.45, 7) is 1.65. The van der Waals surface area contributed by atoms with Crippen molar-refractivity contribution in [3.05, 3.63) is 0 Å². The molecule has 1 unspecified atom stereocenters. The molecule has 0 radical (unpaired) electrons. The molecule has 0 aromatic rings. The van der Waals surface area contributed by atoms with E-state index in [1.54, 1.807) is 19.0 Å². The van der Waals surface area contributed by atoms with Crippen molar-refractivity contribution < 1.29 is 5.11 Å². The number of hydrazine groups is 1. The highest BCUT2D eigenvalue weighted by molar-refractivity contribution is 4.80. The lowest BCUT2D eigenvalue weighted by Gasteiger charge is -2.29. The third kappa shape index (κ3) is 1.87. The summed E-state index contributed by atoms with van der Waals surface area (Å²) >= 11 is 0. The highest BCUT2D eigenvalue weighted by Gasteiger charge is 2.32. The van der Waals surface area contributed by atoms with Crippen LogP contribution in [0.2, 0.25) is 0 Å². The first-order valence-electron chi connectivity index (χ1n) is 3.74. The van der Waals surface area contributed by atoms with Crippen molar-refractivity contribution >= 4 is 0 Å². The maximum atomic E-state index is 9.14. The second-order valence-electron chi connectivity index (χ2n) is 2.86. The number of nitrogens with zero attached hydrogens (tertiary/aromatic N) is 3. The standard InChI is InChI=1S/C6H14N4O/c1-5(11)9(2)10(8-7)6-3-4-6/h5-7,11H,3-4H2,1-2H3. The first kappa shape index (κ1) is 8.42. The largest absolute Gasteiger partial charge is 0.377 e. The molecule has 64 valence electrons. The van der Waals surface area contributed by atoms with Crippen LogP contribution in [0.1, 0.15) is 19.8 Å². The molecule has 0 amide bonds. The van der Waals surface area contributed by atoms with Crippen LogP contribution in [0.3, 0.4) is 0 Å². The van der Waals surface area contributed by atoms with Crippen molar-refractivity contribution in [2.45, 2.75) is 32.0 Å². The summed E-state index contributed by atoms with van der Waals surface area (Å²) in [7, 11) is 1.72. The number of hydrogen-bond donors (Lipinski definition) is 2. The van der Waals surface area contributed by atoms with Crippen molar-refractivity contribution in [2.75, 3.05) is 7.05 Å². The van der Waals surface area contributed by atoms with Gasteiger partial charge in [-0.2, -0.15) is 10.5 Å². The Morgan fingerprint density at radius 3 is 2.45 bits per heavy atom. The average Bonchev–Trinajstić information content (AvgIpc) is 2.72. The van der Waals surface area contributed by atoms with Gasteiger partial charge in [0.2, 0.25) is 0 Å². The predicted molar refractivity (Wildman–Crippen MR) is 39.5 cm³/mol. The van der Waals surface area contributed by atoms with Gasteiger partial charge in [0.1, 0.15) is 6.23 Å². The van der Waals surface area contributed by atoms with Crippen molar-refractivity contribution in [2.24, 2.45) is 5.22 Å².